The number of nitrogens with zero attached hydrogens (tertiary/aromatic N) is 4. The molecule has 0 spiro atoms. The van der Waals surface area contributed by atoms with Gasteiger partial charge in [0.2, 0.25) is 5.89 Å². The minimum Gasteiger partial charge on any atom is -0.340 e. The van der Waals surface area contributed by atoms with Crippen molar-refractivity contribution in [3.8, 4) is 0 Å². The topological polar surface area (TPSA) is 91.6 Å². The van der Waals surface area contributed by atoms with E-state index >= 15 is 0 Å². The van der Waals surface area contributed by atoms with Gasteiger partial charge in [0.05, 0.1) is 6.54 Å². The molecule has 2 heterocycles. The number of nitrogens with one attached hydrogen (secondary N) is 1. The van der Waals surface area contributed by atoms with Gasteiger partial charge in [-0.25, -0.2) is 4.72 Å². The van der Waals surface area contributed by atoms with E-state index in [9.17, 15) is 8.42 Å². The normalized spacial score (nSPS) is 18.5. The first-order valence-corrected chi connectivity index (χ1v) is 8.21. The Hall–Kier alpha value is -1.03. The van der Waals surface area contributed by atoms with Gasteiger partial charge in [0, 0.05) is 39.6 Å². The molecule has 1 N–H and O–H groups in total. The van der Waals surface area contributed by atoms with Crippen LogP contribution in [0.5, 0.6) is 0 Å². The molecular weight excluding hydrogens is 282 g/mol. The SMILES string of the molecule is CCCNS(=O)(=O)N1CCN(Cc2noc(C)n2)CC1. The molecule has 9 heteroatoms. The molecule has 8 nitrogen and oxygen atoms in total. The highest BCUT2D eigenvalue weighted by atomic mass is 32.2. The van der Waals surface area contributed by atoms with E-state index in [1.807, 2.05) is 6.92 Å². The summed E-state index contributed by atoms with van der Waals surface area (Å²) < 4.78 is 32.9. The fourth-order valence-electron chi connectivity index (χ4n) is 2.06. The summed E-state index contributed by atoms with van der Waals surface area (Å²) in [5, 5.41) is 3.85. The molecule has 2 rings (SSSR count). The van der Waals surface area contributed by atoms with Gasteiger partial charge in [0.1, 0.15) is 0 Å². The molecule has 0 unspecified atom stereocenters. The summed E-state index contributed by atoms with van der Waals surface area (Å²) in [6, 6.07) is 0. The van der Waals surface area contributed by atoms with E-state index in [2.05, 4.69) is 19.8 Å². The smallest absolute Gasteiger partial charge is 0.279 e. The van der Waals surface area contributed by atoms with E-state index in [4.69, 9.17) is 4.52 Å². The lowest BCUT2D eigenvalue weighted by Crippen LogP contribution is -2.51. The maximum atomic E-state index is 12.0. The van der Waals surface area contributed by atoms with Gasteiger partial charge in [-0.2, -0.15) is 17.7 Å². The number of aryl methyl sites for hydroxylation is 1. The van der Waals surface area contributed by atoms with Crippen molar-refractivity contribution >= 4 is 10.2 Å². The van der Waals surface area contributed by atoms with Crippen molar-refractivity contribution in [3.05, 3.63) is 11.7 Å². The molecule has 0 amide bonds. The largest absolute Gasteiger partial charge is 0.340 e. The highest BCUT2D eigenvalue weighted by Crippen LogP contribution is 2.09. The maximum Gasteiger partial charge on any atom is 0.279 e. The van der Waals surface area contributed by atoms with E-state index in [1.165, 1.54) is 4.31 Å². The fourth-order valence-corrected chi connectivity index (χ4v) is 3.34. The lowest BCUT2D eigenvalue weighted by atomic mass is 10.3. The monoisotopic (exact) mass is 303 g/mol. The second kappa shape index (κ2) is 6.61. The molecule has 1 fully saturated rings. The third kappa shape index (κ3) is 3.98. The third-order valence-corrected chi connectivity index (χ3v) is 4.75. The molecule has 1 saturated heterocycles. The fraction of sp³-hybridized carbons (Fsp3) is 0.818. The van der Waals surface area contributed by atoms with Gasteiger partial charge in [0.15, 0.2) is 5.82 Å². The minimum atomic E-state index is -3.33. The summed E-state index contributed by atoms with van der Waals surface area (Å²) in [6.45, 7) is 7.05. The molecule has 0 radical (unpaired) electrons. The van der Waals surface area contributed by atoms with Crippen LogP contribution >= 0.6 is 0 Å². The molecule has 0 aromatic carbocycles. The molecule has 1 aromatic heterocycles. The van der Waals surface area contributed by atoms with Crippen LogP contribution in [0.4, 0.5) is 0 Å². The molecule has 0 aliphatic carbocycles. The minimum absolute atomic E-state index is 0.477. The average Bonchev–Trinajstić information content (AvgIpc) is 2.82. The summed E-state index contributed by atoms with van der Waals surface area (Å²) in [4.78, 5) is 6.27. The van der Waals surface area contributed by atoms with Crippen LogP contribution in [-0.4, -0.2) is 60.5 Å². The third-order valence-electron chi connectivity index (χ3n) is 3.14. The van der Waals surface area contributed by atoms with E-state index < -0.39 is 10.2 Å². The summed E-state index contributed by atoms with van der Waals surface area (Å²) >= 11 is 0. The van der Waals surface area contributed by atoms with Crippen molar-refractivity contribution in [3.63, 3.8) is 0 Å². The summed E-state index contributed by atoms with van der Waals surface area (Å²) in [5.74, 6) is 1.19. The number of hydrogen-bond donors (Lipinski definition) is 1. The first kappa shape index (κ1) is 15.4. The molecule has 0 atom stereocenters. The number of hydrogen-bond acceptors (Lipinski definition) is 6. The number of rotatable bonds is 6. The summed E-state index contributed by atoms with van der Waals surface area (Å²) in [6.07, 6.45) is 0.788. The molecule has 0 bridgehead atoms. The van der Waals surface area contributed by atoms with Crippen LogP contribution in [0.2, 0.25) is 0 Å². The van der Waals surface area contributed by atoms with Gasteiger partial charge in [-0.05, 0) is 6.42 Å². The van der Waals surface area contributed by atoms with Crippen LogP contribution in [0.25, 0.3) is 0 Å². The van der Waals surface area contributed by atoms with Gasteiger partial charge < -0.3 is 4.52 Å². The van der Waals surface area contributed by atoms with E-state index in [-0.39, 0.29) is 0 Å². The highest BCUT2D eigenvalue weighted by Gasteiger charge is 2.26. The van der Waals surface area contributed by atoms with E-state index in [1.54, 1.807) is 6.92 Å². The lowest BCUT2D eigenvalue weighted by Gasteiger charge is -2.33. The molecule has 20 heavy (non-hydrogen) atoms. The van der Waals surface area contributed by atoms with Crippen LogP contribution in [0.15, 0.2) is 4.52 Å². The molecule has 1 aromatic rings. The maximum absolute atomic E-state index is 12.0. The molecule has 1 aliphatic heterocycles. The van der Waals surface area contributed by atoms with Crippen molar-refractivity contribution in [2.75, 3.05) is 32.7 Å². The highest BCUT2D eigenvalue weighted by molar-refractivity contribution is 7.87. The first-order valence-electron chi connectivity index (χ1n) is 6.77. The van der Waals surface area contributed by atoms with Crippen LogP contribution in [0.3, 0.4) is 0 Å². The van der Waals surface area contributed by atoms with Crippen LogP contribution in [-0.2, 0) is 16.8 Å². The van der Waals surface area contributed by atoms with E-state index in [0.717, 1.165) is 6.42 Å². The van der Waals surface area contributed by atoms with Crippen LogP contribution < -0.4 is 4.72 Å². The lowest BCUT2D eigenvalue weighted by molar-refractivity contribution is 0.175. The predicted octanol–water partition coefficient (Wildman–Crippen LogP) is -0.260. The zero-order valence-corrected chi connectivity index (χ0v) is 12.7. The number of piperazine rings is 1. The van der Waals surface area contributed by atoms with Crippen molar-refractivity contribution in [1.82, 2.24) is 24.1 Å². The standard InChI is InChI=1S/C11H21N5O3S/c1-3-4-12-20(17,18)16-7-5-15(6-8-16)9-11-13-10(2)19-14-11/h12H,3-9H2,1-2H3. The van der Waals surface area contributed by atoms with Gasteiger partial charge in [-0.1, -0.05) is 12.1 Å². The van der Waals surface area contributed by atoms with Crippen molar-refractivity contribution in [2.24, 2.45) is 0 Å². The average molecular weight is 303 g/mol. The van der Waals surface area contributed by atoms with Crippen molar-refractivity contribution in [2.45, 2.75) is 26.8 Å². The Balaban J connectivity index is 1.83. The first-order chi connectivity index (χ1) is 9.51. The Morgan fingerprint density at radius 2 is 2.00 bits per heavy atom. The number of aromatic nitrogens is 2. The van der Waals surface area contributed by atoms with Crippen molar-refractivity contribution < 1.29 is 12.9 Å². The Kier molecular flexibility index (Phi) is 5.08. The van der Waals surface area contributed by atoms with Gasteiger partial charge >= 0.3 is 0 Å². The Morgan fingerprint density at radius 1 is 1.30 bits per heavy atom. The quantitative estimate of drug-likeness (QED) is 0.778. The Morgan fingerprint density at radius 3 is 2.55 bits per heavy atom. The van der Waals surface area contributed by atoms with Gasteiger partial charge in [-0.15, -0.1) is 0 Å². The van der Waals surface area contributed by atoms with Crippen LogP contribution in [0.1, 0.15) is 25.1 Å². The summed E-state index contributed by atoms with van der Waals surface area (Å²) in [5.41, 5.74) is 0. The second-order valence-corrected chi connectivity index (χ2v) is 6.56. The second-order valence-electron chi connectivity index (χ2n) is 4.80. The molecule has 0 saturated carbocycles. The Labute approximate surface area is 119 Å². The van der Waals surface area contributed by atoms with E-state index in [0.29, 0.717) is 51.0 Å². The predicted molar refractivity (Wildman–Crippen MR) is 73.1 cm³/mol. The zero-order valence-electron chi connectivity index (χ0n) is 11.9. The zero-order chi connectivity index (χ0) is 14.6. The molecule has 1 aliphatic rings. The Bertz CT molecular complexity index is 522. The van der Waals surface area contributed by atoms with Crippen LogP contribution in [0, 0.1) is 6.92 Å². The molecular formula is C11H21N5O3S. The molecule has 114 valence electrons. The van der Waals surface area contributed by atoms with Crippen molar-refractivity contribution in [1.29, 1.82) is 0 Å². The van der Waals surface area contributed by atoms with Gasteiger partial charge in [0.25, 0.3) is 10.2 Å². The van der Waals surface area contributed by atoms with Gasteiger partial charge in [-0.3, -0.25) is 4.90 Å². The summed E-state index contributed by atoms with van der Waals surface area (Å²) in [7, 11) is -3.33.